The van der Waals surface area contributed by atoms with Gasteiger partial charge in [-0.25, -0.2) is 0 Å². The van der Waals surface area contributed by atoms with Crippen molar-refractivity contribution < 1.29 is 0 Å². The van der Waals surface area contributed by atoms with E-state index in [9.17, 15) is 0 Å². The van der Waals surface area contributed by atoms with Crippen molar-refractivity contribution >= 4 is 38.5 Å². The first-order valence-electron chi connectivity index (χ1n) is 16.2. The standard InChI is InChI=1S/C43H38S/c1-27-11-8-13-31(23-27)40-21-22-41(44-40)32-14-9-15-33(26-32)42-34-16-4-6-18-36(34)43(37-19-7-5-17-35(37)42)38-20-10-12-30-24-28(2)29(3)25-39(30)38/h4-10,12-23,26-29H,11,24-25H2,1-3H3. The molecule has 0 nitrogen and oxygen atoms in total. The predicted molar refractivity (Wildman–Crippen MR) is 192 cm³/mol. The Morgan fingerprint density at radius 1 is 0.591 bits per heavy atom. The maximum absolute atomic E-state index is 2.43. The zero-order chi connectivity index (χ0) is 29.8. The van der Waals surface area contributed by atoms with Crippen LogP contribution in [0, 0.1) is 17.8 Å². The first-order valence-corrected chi connectivity index (χ1v) is 17.0. The molecule has 0 radical (unpaired) electrons. The lowest BCUT2D eigenvalue weighted by molar-refractivity contribution is 0.361. The number of allylic oxidation sites excluding steroid dienone is 4. The minimum Gasteiger partial charge on any atom is -0.135 e. The molecule has 3 unspecified atom stereocenters. The van der Waals surface area contributed by atoms with Crippen LogP contribution in [0.5, 0.6) is 0 Å². The van der Waals surface area contributed by atoms with Gasteiger partial charge >= 0.3 is 0 Å². The Morgan fingerprint density at radius 2 is 1.23 bits per heavy atom. The van der Waals surface area contributed by atoms with E-state index in [2.05, 4.69) is 142 Å². The quantitative estimate of drug-likeness (QED) is 0.180. The Bertz CT molecular complexity index is 2040. The van der Waals surface area contributed by atoms with Crippen LogP contribution in [0.3, 0.4) is 0 Å². The van der Waals surface area contributed by atoms with Gasteiger partial charge in [0, 0.05) is 9.75 Å². The van der Waals surface area contributed by atoms with E-state index in [1.807, 2.05) is 11.3 Å². The van der Waals surface area contributed by atoms with E-state index in [0.29, 0.717) is 11.8 Å². The van der Waals surface area contributed by atoms with Gasteiger partial charge in [-0.3, -0.25) is 0 Å². The minimum atomic E-state index is 0.599. The number of benzene rings is 5. The molecule has 0 aliphatic heterocycles. The highest BCUT2D eigenvalue weighted by Gasteiger charge is 2.26. The first-order chi connectivity index (χ1) is 21.5. The topological polar surface area (TPSA) is 0 Å². The molecule has 2 aliphatic rings. The molecule has 1 heterocycles. The summed E-state index contributed by atoms with van der Waals surface area (Å²) < 4.78 is 0. The molecule has 3 atom stereocenters. The van der Waals surface area contributed by atoms with Gasteiger partial charge in [0.05, 0.1) is 0 Å². The third-order valence-electron chi connectivity index (χ3n) is 10.1. The van der Waals surface area contributed by atoms with Crippen molar-refractivity contribution in [2.24, 2.45) is 17.8 Å². The summed E-state index contributed by atoms with van der Waals surface area (Å²) in [6.07, 6.45) is 10.5. The smallest absolute Gasteiger partial charge is 0.0349 e. The van der Waals surface area contributed by atoms with E-state index < -0.39 is 0 Å². The van der Waals surface area contributed by atoms with Gasteiger partial charge in [-0.15, -0.1) is 11.3 Å². The Kier molecular flexibility index (Phi) is 6.88. The van der Waals surface area contributed by atoms with Crippen molar-refractivity contribution in [3.63, 3.8) is 0 Å². The number of hydrogen-bond acceptors (Lipinski definition) is 1. The molecule has 5 aromatic carbocycles. The molecule has 216 valence electrons. The van der Waals surface area contributed by atoms with Crippen molar-refractivity contribution in [2.45, 2.75) is 40.0 Å². The SMILES string of the molecule is CC1C=C(c2ccc(-c3cccc(-c4c5ccccc5c(-c5cccc6c5CC(C)C(C)C6)c5ccccc45)c3)s2)C=CC1. The molecule has 44 heavy (non-hydrogen) atoms. The summed E-state index contributed by atoms with van der Waals surface area (Å²) in [6, 6.07) is 39.0. The number of fused-ring (bicyclic) bond motifs is 3. The number of hydrogen-bond donors (Lipinski definition) is 0. The molecule has 1 heteroatoms. The van der Waals surface area contributed by atoms with E-state index in [1.54, 1.807) is 5.56 Å². The molecule has 0 N–H and O–H groups in total. The van der Waals surface area contributed by atoms with Crippen LogP contribution < -0.4 is 0 Å². The Morgan fingerprint density at radius 3 is 1.95 bits per heavy atom. The average Bonchev–Trinajstić information content (AvgIpc) is 3.55. The summed E-state index contributed by atoms with van der Waals surface area (Å²) in [5, 5.41) is 5.34. The van der Waals surface area contributed by atoms with Gasteiger partial charge in [0.25, 0.3) is 0 Å². The third kappa shape index (κ3) is 4.66. The largest absolute Gasteiger partial charge is 0.135 e. The van der Waals surface area contributed by atoms with Gasteiger partial charge in [0.2, 0.25) is 0 Å². The Hall–Kier alpha value is -4.20. The second-order valence-electron chi connectivity index (χ2n) is 13.1. The van der Waals surface area contributed by atoms with Crippen molar-refractivity contribution in [3.05, 3.63) is 137 Å². The Balaban J connectivity index is 1.32. The van der Waals surface area contributed by atoms with Gasteiger partial charge in [-0.05, 0) is 121 Å². The molecule has 2 aliphatic carbocycles. The Labute approximate surface area is 265 Å². The summed E-state index contributed by atoms with van der Waals surface area (Å²) in [5.74, 6) is 2.01. The lowest BCUT2D eigenvalue weighted by Crippen LogP contribution is -2.21. The molecule has 0 saturated heterocycles. The normalized spacial score (nSPS) is 19.7. The van der Waals surface area contributed by atoms with Crippen LogP contribution in [0.1, 0.15) is 43.2 Å². The first kappa shape index (κ1) is 27.4. The van der Waals surface area contributed by atoms with Crippen LogP contribution in [0.25, 0.3) is 59.8 Å². The van der Waals surface area contributed by atoms with Crippen molar-refractivity contribution in [3.8, 4) is 32.7 Å². The molecule has 0 amide bonds. The molecule has 0 spiro atoms. The molecule has 0 saturated carbocycles. The van der Waals surface area contributed by atoms with Gasteiger partial charge < -0.3 is 0 Å². The fourth-order valence-electron chi connectivity index (χ4n) is 7.58. The summed E-state index contributed by atoms with van der Waals surface area (Å²) in [4.78, 5) is 2.67. The summed E-state index contributed by atoms with van der Waals surface area (Å²) in [7, 11) is 0. The summed E-state index contributed by atoms with van der Waals surface area (Å²) in [5.41, 5.74) is 11.1. The lowest BCUT2D eigenvalue weighted by atomic mass is 9.74. The number of rotatable bonds is 4. The van der Waals surface area contributed by atoms with E-state index in [4.69, 9.17) is 0 Å². The average molecular weight is 587 g/mol. The van der Waals surface area contributed by atoms with Crippen LogP contribution in [0.4, 0.5) is 0 Å². The number of thiophene rings is 1. The third-order valence-corrected chi connectivity index (χ3v) is 11.3. The second kappa shape index (κ2) is 11.1. The summed E-state index contributed by atoms with van der Waals surface area (Å²) in [6.45, 7) is 7.14. The van der Waals surface area contributed by atoms with Crippen molar-refractivity contribution in [1.29, 1.82) is 0 Å². The van der Waals surface area contributed by atoms with Crippen LogP contribution >= 0.6 is 11.3 Å². The highest BCUT2D eigenvalue weighted by molar-refractivity contribution is 7.16. The van der Waals surface area contributed by atoms with Gasteiger partial charge in [0.1, 0.15) is 0 Å². The van der Waals surface area contributed by atoms with Crippen molar-refractivity contribution in [2.75, 3.05) is 0 Å². The van der Waals surface area contributed by atoms with Crippen LogP contribution in [0.2, 0.25) is 0 Å². The molecular formula is C43H38S. The minimum absolute atomic E-state index is 0.599. The second-order valence-corrected chi connectivity index (χ2v) is 14.2. The highest BCUT2D eigenvalue weighted by atomic mass is 32.1. The maximum atomic E-state index is 2.43. The zero-order valence-electron chi connectivity index (χ0n) is 25.8. The fourth-order valence-corrected chi connectivity index (χ4v) is 8.59. The monoisotopic (exact) mass is 586 g/mol. The van der Waals surface area contributed by atoms with Gasteiger partial charge in [-0.2, -0.15) is 0 Å². The van der Waals surface area contributed by atoms with E-state index in [1.165, 1.54) is 76.7 Å². The van der Waals surface area contributed by atoms with E-state index >= 15 is 0 Å². The van der Waals surface area contributed by atoms with Crippen molar-refractivity contribution in [1.82, 2.24) is 0 Å². The lowest BCUT2D eigenvalue weighted by Gasteiger charge is -2.30. The highest BCUT2D eigenvalue weighted by Crippen LogP contribution is 2.47. The zero-order valence-corrected chi connectivity index (χ0v) is 26.6. The molecule has 6 aromatic rings. The molecule has 8 rings (SSSR count). The van der Waals surface area contributed by atoms with E-state index in [-0.39, 0.29) is 0 Å². The van der Waals surface area contributed by atoms with Gasteiger partial charge in [0.15, 0.2) is 0 Å². The van der Waals surface area contributed by atoms with Crippen LogP contribution in [-0.2, 0) is 12.8 Å². The molecule has 1 aromatic heterocycles. The predicted octanol–water partition coefficient (Wildman–Crippen LogP) is 12.4. The van der Waals surface area contributed by atoms with Crippen LogP contribution in [-0.4, -0.2) is 0 Å². The molecule has 0 fully saturated rings. The molecule has 0 bridgehead atoms. The molecular weight excluding hydrogens is 549 g/mol. The van der Waals surface area contributed by atoms with E-state index in [0.717, 1.165) is 18.8 Å². The van der Waals surface area contributed by atoms with Gasteiger partial charge in [-0.1, -0.05) is 124 Å². The maximum Gasteiger partial charge on any atom is 0.0349 e. The fraction of sp³-hybridized carbons (Fsp3) is 0.209. The van der Waals surface area contributed by atoms with Crippen LogP contribution in [0.15, 0.2) is 121 Å². The summed E-state index contributed by atoms with van der Waals surface area (Å²) >= 11 is 1.90.